The van der Waals surface area contributed by atoms with Crippen molar-refractivity contribution in [1.82, 2.24) is 0 Å². The molecule has 1 aromatic rings. The highest BCUT2D eigenvalue weighted by atomic mass is 32.3. The van der Waals surface area contributed by atoms with Crippen LogP contribution in [-0.2, 0) is 9.84 Å². The molecule has 1 rings (SSSR count). The number of halogens is 1. The summed E-state index contributed by atoms with van der Waals surface area (Å²) in [6, 6.07) is 5.88. The zero-order valence-corrected chi connectivity index (χ0v) is 12.7. The van der Waals surface area contributed by atoms with E-state index in [0.29, 0.717) is 5.70 Å². The molecule has 0 spiro atoms. The van der Waals surface area contributed by atoms with Crippen molar-refractivity contribution < 1.29 is 12.8 Å². The smallest absolute Gasteiger partial charge is 0.192 e. The lowest BCUT2D eigenvalue weighted by atomic mass is 10.1. The standard InChI is InChI=1S/C13H16FNO2S2/c1-9(15-3)13(18-4)19(16,17)10(2)11-7-5-6-8-12(11)14/h5-8,10H,3H2,1-2,4H3. The van der Waals surface area contributed by atoms with Crippen molar-refractivity contribution in [2.45, 2.75) is 19.1 Å². The van der Waals surface area contributed by atoms with E-state index in [2.05, 4.69) is 11.7 Å². The second kappa shape index (κ2) is 6.34. The Labute approximate surface area is 117 Å². The maximum Gasteiger partial charge on any atom is 0.192 e. The molecule has 3 nitrogen and oxygen atoms in total. The summed E-state index contributed by atoms with van der Waals surface area (Å²) in [5.41, 5.74) is 0.488. The van der Waals surface area contributed by atoms with Crippen LogP contribution in [0.2, 0.25) is 0 Å². The zero-order chi connectivity index (χ0) is 14.6. The summed E-state index contributed by atoms with van der Waals surface area (Å²) >= 11 is 1.07. The minimum Gasteiger partial charge on any atom is -0.267 e. The Morgan fingerprint density at radius 3 is 2.47 bits per heavy atom. The number of benzene rings is 1. The second-order valence-corrected chi connectivity index (χ2v) is 7.22. The number of allylic oxidation sites excluding steroid dienone is 1. The molecule has 0 N–H and O–H groups in total. The molecule has 0 radical (unpaired) electrons. The van der Waals surface area contributed by atoms with Crippen LogP contribution in [0.5, 0.6) is 0 Å². The highest BCUT2D eigenvalue weighted by Gasteiger charge is 2.30. The van der Waals surface area contributed by atoms with Crippen molar-refractivity contribution in [2.24, 2.45) is 4.99 Å². The Kier molecular flexibility index (Phi) is 5.31. The quantitative estimate of drug-likeness (QED) is 0.781. The van der Waals surface area contributed by atoms with E-state index in [1.54, 1.807) is 19.2 Å². The highest BCUT2D eigenvalue weighted by Crippen LogP contribution is 2.35. The van der Waals surface area contributed by atoms with Crippen LogP contribution in [0.25, 0.3) is 0 Å². The molecule has 0 fully saturated rings. The van der Waals surface area contributed by atoms with Crippen LogP contribution < -0.4 is 0 Å². The normalized spacial score (nSPS) is 14.7. The average molecular weight is 301 g/mol. The van der Waals surface area contributed by atoms with Gasteiger partial charge in [0.2, 0.25) is 0 Å². The first kappa shape index (κ1) is 15.9. The van der Waals surface area contributed by atoms with E-state index < -0.39 is 20.9 Å². The second-order valence-electron chi connectivity index (χ2n) is 3.94. The molecule has 1 atom stereocenters. The van der Waals surface area contributed by atoms with Gasteiger partial charge in [-0.25, -0.2) is 12.8 Å². The summed E-state index contributed by atoms with van der Waals surface area (Å²) in [6.07, 6.45) is 1.65. The average Bonchev–Trinajstić information content (AvgIpc) is 2.38. The monoisotopic (exact) mass is 301 g/mol. The SMILES string of the molecule is C=NC(C)=C(SC)S(=O)(=O)C(C)c1ccccc1F. The number of aliphatic imine (C=N–C) groups is 1. The fraction of sp³-hybridized carbons (Fsp3) is 0.308. The summed E-state index contributed by atoms with van der Waals surface area (Å²) in [5, 5.41) is -0.965. The van der Waals surface area contributed by atoms with Gasteiger partial charge in [0.15, 0.2) is 9.84 Å². The Morgan fingerprint density at radius 1 is 1.42 bits per heavy atom. The first-order valence-corrected chi connectivity index (χ1v) is 8.33. The van der Waals surface area contributed by atoms with Crippen molar-refractivity contribution in [2.75, 3.05) is 6.26 Å². The van der Waals surface area contributed by atoms with Crippen LogP contribution in [0.3, 0.4) is 0 Å². The van der Waals surface area contributed by atoms with Crippen LogP contribution in [0.15, 0.2) is 39.2 Å². The summed E-state index contributed by atoms with van der Waals surface area (Å²) in [7, 11) is -3.67. The lowest BCUT2D eigenvalue weighted by Gasteiger charge is -2.16. The summed E-state index contributed by atoms with van der Waals surface area (Å²) < 4.78 is 38.8. The molecule has 1 aromatic carbocycles. The number of rotatable bonds is 5. The van der Waals surface area contributed by atoms with E-state index >= 15 is 0 Å². The predicted molar refractivity (Wildman–Crippen MR) is 79.5 cm³/mol. The van der Waals surface area contributed by atoms with Crippen LogP contribution in [0.1, 0.15) is 24.7 Å². The molecule has 0 aliphatic carbocycles. The van der Waals surface area contributed by atoms with Gasteiger partial charge >= 0.3 is 0 Å². The molecular weight excluding hydrogens is 285 g/mol. The minimum absolute atomic E-state index is 0.123. The van der Waals surface area contributed by atoms with Crippen molar-refractivity contribution in [3.05, 3.63) is 45.6 Å². The fourth-order valence-electron chi connectivity index (χ4n) is 1.67. The maximum absolute atomic E-state index is 13.7. The summed E-state index contributed by atoms with van der Waals surface area (Å²) in [5.74, 6) is -0.525. The van der Waals surface area contributed by atoms with Crippen LogP contribution in [0, 0.1) is 5.82 Å². The van der Waals surface area contributed by atoms with Crippen LogP contribution in [0.4, 0.5) is 4.39 Å². The molecular formula is C13H16FNO2S2. The largest absolute Gasteiger partial charge is 0.267 e. The third-order valence-corrected chi connectivity index (χ3v) is 6.65. The van der Waals surface area contributed by atoms with Crippen LogP contribution in [-0.4, -0.2) is 21.4 Å². The van der Waals surface area contributed by atoms with Gasteiger partial charge in [-0.1, -0.05) is 18.2 Å². The maximum atomic E-state index is 13.7. The highest BCUT2D eigenvalue weighted by molar-refractivity contribution is 8.18. The van der Waals surface area contributed by atoms with Gasteiger partial charge in [0.1, 0.15) is 10.1 Å². The molecule has 0 aliphatic rings. The number of hydrogen-bond donors (Lipinski definition) is 0. The van der Waals surface area contributed by atoms with Gasteiger partial charge in [-0.15, -0.1) is 11.8 Å². The van der Waals surface area contributed by atoms with Gasteiger partial charge < -0.3 is 0 Å². The van der Waals surface area contributed by atoms with E-state index in [1.165, 1.54) is 25.1 Å². The van der Waals surface area contributed by atoms with Gasteiger partial charge in [-0.2, -0.15) is 0 Å². The molecule has 0 aromatic heterocycles. The molecule has 6 heteroatoms. The molecule has 104 valence electrons. The van der Waals surface area contributed by atoms with E-state index in [0.717, 1.165) is 11.8 Å². The lowest BCUT2D eigenvalue weighted by Crippen LogP contribution is -2.13. The number of thioether (sulfide) groups is 1. The molecule has 19 heavy (non-hydrogen) atoms. The van der Waals surface area contributed by atoms with Gasteiger partial charge in [-0.3, -0.25) is 4.99 Å². The molecule has 0 amide bonds. The Bertz CT molecular complexity index is 609. The van der Waals surface area contributed by atoms with Crippen molar-refractivity contribution in [3.8, 4) is 0 Å². The first-order valence-electron chi connectivity index (χ1n) is 5.56. The van der Waals surface area contributed by atoms with E-state index in [4.69, 9.17) is 0 Å². The van der Waals surface area contributed by atoms with Gasteiger partial charge in [-0.05, 0) is 32.9 Å². The van der Waals surface area contributed by atoms with Crippen molar-refractivity contribution >= 4 is 28.3 Å². The number of nitrogens with zero attached hydrogens (tertiary/aromatic N) is 1. The Balaban J connectivity index is 3.36. The third kappa shape index (κ3) is 3.25. The summed E-state index contributed by atoms with van der Waals surface area (Å²) in [6.45, 7) is 6.38. The number of sulfone groups is 1. The number of hydrogen-bond acceptors (Lipinski definition) is 4. The third-order valence-electron chi connectivity index (χ3n) is 2.79. The van der Waals surface area contributed by atoms with Crippen LogP contribution >= 0.6 is 11.8 Å². The molecule has 0 aliphatic heterocycles. The lowest BCUT2D eigenvalue weighted by molar-refractivity contribution is 0.580. The van der Waals surface area contributed by atoms with Gasteiger partial charge in [0, 0.05) is 5.56 Å². The Hall–Kier alpha value is -1.14. The van der Waals surface area contributed by atoms with Crippen molar-refractivity contribution in [3.63, 3.8) is 0 Å². The van der Waals surface area contributed by atoms with Crippen molar-refractivity contribution in [1.29, 1.82) is 0 Å². The predicted octanol–water partition coefficient (Wildman–Crippen LogP) is 3.55. The Morgan fingerprint density at radius 2 is 2.00 bits per heavy atom. The fourth-order valence-corrected chi connectivity index (χ4v) is 4.71. The molecule has 0 heterocycles. The van der Waals surface area contributed by atoms with Gasteiger partial charge in [0.05, 0.1) is 10.9 Å². The van der Waals surface area contributed by atoms with E-state index in [1.807, 2.05) is 0 Å². The van der Waals surface area contributed by atoms with E-state index in [-0.39, 0.29) is 9.80 Å². The topological polar surface area (TPSA) is 46.5 Å². The molecule has 0 bridgehead atoms. The molecule has 0 saturated carbocycles. The van der Waals surface area contributed by atoms with Gasteiger partial charge in [0.25, 0.3) is 0 Å². The minimum atomic E-state index is -3.67. The van der Waals surface area contributed by atoms with E-state index in [9.17, 15) is 12.8 Å². The first-order chi connectivity index (χ1) is 8.86. The zero-order valence-electron chi connectivity index (χ0n) is 11.1. The molecule has 1 unspecified atom stereocenters. The molecule has 0 saturated heterocycles. The summed E-state index contributed by atoms with van der Waals surface area (Å²) in [4.78, 5) is 3.66.